The number of piperazine rings is 1. The summed E-state index contributed by atoms with van der Waals surface area (Å²) in [5.74, 6) is 0.230. The lowest BCUT2D eigenvalue weighted by Gasteiger charge is -2.36. The molecule has 3 heterocycles. The highest BCUT2D eigenvalue weighted by atomic mass is 16.5. The summed E-state index contributed by atoms with van der Waals surface area (Å²) in [5.41, 5.74) is 2.13. The van der Waals surface area contributed by atoms with E-state index in [1.807, 2.05) is 17.2 Å². The minimum atomic E-state index is 0.135. The lowest BCUT2D eigenvalue weighted by atomic mass is 10.1. The molecule has 1 amide bonds. The lowest BCUT2D eigenvalue weighted by molar-refractivity contribution is -0.133. The van der Waals surface area contributed by atoms with Crippen LogP contribution in [0.2, 0.25) is 0 Å². The van der Waals surface area contributed by atoms with Gasteiger partial charge in [-0.05, 0) is 31.0 Å². The molecule has 6 heteroatoms. The number of carbonyl (C=O) groups excluding carboxylic acids is 1. The highest BCUT2D eigenvalue weighted by Crippen LogP contribution is 2.22. The minimum Gasteiger partial charge on any atom is -0.378 e. The summed E-state index contributed by atoms with van der Waals surface area (Å²) in [5, 5.41) is 1.05. The number of rotatable bonds is 3. The van der Waals surface area contributed by atoms with E-state index in [-0.39, 0.29) is 12.0 Å². The number of hydrogen-bond donors (Lipinski definition) is 0. The van der Waals surface area contributed by atoms with E-state index in [0.717, 1.165) is 56.5 Å². The first-order valence-electron chi connectivity index (χ1n) is 8.64. The summed E-state index contributed by atoms with van der Waals surface area (Å²) in [7, 11) is 0. The summed E-state index contributed by atoms with van der Waals surface area (Å²) >= 11 is 0. The Morgan fingerprint density at radius 3 is 2.92 bits per heavy atom. The van der Waals surface area contributed by atoms with Gasteiger partial charge in [0.2, 0.25) is 5.91 Å². The van der Waals surface area contributed by atoms with Crippen LogP contribution in [0.5, 0.6) is 0 Å². The number of hydrogen-bond acceptors (Lipinski definition) is 5. The number of carbonyl (C=O) groups is 1. The van der Waals surface area contributed by atoms with E-state index < -0.39 is 0 Å². The molecule has 1 atom stereocenters. The van der Waals surface area contributed by atoms with Crippen LogP contribution in [-0.2, 0) is 9.53 Å². The number of ether oxygens (including phenoxy) is 1. The van der Waals surface area contributed by atoms with Crippen LogP contribution in [0.25, 0.3) is 10.9 Å². The molecule has 1 aromatic heterocycles. The Labute approximate surface area is 141 Å². The van der Waals surface area contributed by atoms with Crippen LogP contribution in [0.4, 0.5) is 5.69 Å². The Balaban J connectivity index is 1.37. The van der Waals surface area contributed by atoms with Gasteiger partial charge in [0.15, 0.2) is 0 Å². The summed E-state index contributed by atoms with van der Waals surface area (Å²) in [4.78, 5) is 25.0. The molecule has 2 fully saturated rings. The van der Waals surface area contributed by atoms with Crippen LogP contribution in [0.1, 0.15) is 19.3 Å². The van der Waals surface area contributed by atoms with Crippen LogP contribution in [0, 0.1) is 0 Å². The molecule has 0 aliphatic carbocycles. The van der Waals surface area contributed by atoms with Gasteiger partial charge in [-0.3, -0.25) is 4.79 Å². The predicted molar refractivity (Wildman–Crippen MR) is 91.9 cm³/mol. The molecule has 2 aliphatic heterocycles. The van der Waals surface area contributed by atoms with Crippen molar-refractivity contribution in [1.82, 2.24) is 14.9 Å². The van der Waals surface area contributed by atoms with Crippen LogP contribution in [-0.4, -0.2) is 59.7 Å². The molecule has 0 bridgehead atoms. The molecule has 0 radical (unpaired) electrons. The van der Waals surface area contributed by atoms with Crippen molar-refractivity contribution < 1.29 is 9.53 Å². The van der Waals surface area contributed by atoms with Gasteiger partial charge in [0.05, 0.1) is 18.0 Å². The van der Waals surface area contributed by atoms with Gasteiger partial charge in [-0.25, -0.2) is 9.97 Å². The molecule has 6 nitrogen and oxygen atoms in total. The van der Waals surface area contributed by atoms with E-state index >= 15 is 0 Å². The highest BCUT2D eigenvalue weighted by molar-refractivity contribution is 5.82. The number of benzene rings is 1. The number of anilines is 1. The Kier molecular flexibility index (Phi) is 4.30. The Morgan fingerprint density at radius 1 is 1.25 bits per heavy atom. The third-order valence-electron chi connectivity index (χ3n) is 4.91. The summed E-state index contributed by atoms with van der Waals surface area (Å²) in [6.45, 7) is 4.06. The van der Waals surface area contributed by atoms with Crippen molar-refractivity contribution in [3.05, 3.63) is 30.7 Å². The Morgan fingerprint density at radius 2 is 2.12 bits per heavy atom. The van der Waals surface area contributed by atoms with Crippen molar-refractivity contribution in [3.63, 3.8) is 0 Å². The molecule has 1 unspecified atom stereocenters. The maximum absolute atomic E-state index is 12.4. The first kappa shape index (κ1) is 15.3. The standard InChI is InChI=1S/C18H22N4O2/c23-18(11-16-2-1-9-24-16)22-7-5-21(6-8-22)15-3-4-17-14(10-15)12-19-13-20-17/h3-4,10,12-13,16H,1-2,5-9,11H2. The average molecular weight is 326 g/mol. The van der Waals surface area contributed by atoms with E-state index in [2.05, 4.69) is 27.0 Å². The molecule has 0 spiro atoms. The first-order chi connectivity index (χ1) is 11.8. The molecule has 2 aliphatic rings. The molecule has 1 aromatic carbocycles. The van der Waals surface area contributed by atoms with Gasteiger partial charge >= 0.3 is 0 Å². The average Bonchev–Trinajstić information content (AvgIpc) is 3.14. The van der Waals surface area contributed by atoms with Crippen molar-refractivity contribution in [3.8, 4) is 0 Å². The van der Waals surface area contributed by atoms with Crippen LogP contribution < -0.4 is 4.90 Å². The van der Waals surface area contributed by atoms with Gasteiger partial charge in [-0.2, -0.15) is 0 Å². The normalized spacial score (nSPS) is 21.4. The smallest absolute Gasteiger partial charge is 0.225 e. The second-order valence-corrected chi connectivity index (χ2v) is 6.47. The second-order valence-electron chi connectivity index (χ2n) is 6.47. The zero-order valence-corrected chi connectivity index (χ0v) is 13.7. The number of nitrogens with zero attached hydrogens (tertiary/aromatic N) is 4. The summed E-state index contributed by atoms with van der Waals surface area (Å²) in [6, 6.07) is 6.25. The summed E-state index contributed by atoms with van der Waals surface area (Å²) in [6.07, 6.45) is 6.18. The first-order valence-corrected chi connectivity index (χ1v) is 8.64. The lowest BCUT2D eigenvalue weighted by Crippen LogP contribution is -2.49. The van der Waals surface area contributed by atoms with E-state index in [9.17, 15) is 4.79 Å². The van der Waals surface area contributed by atoms with Gasteiger partial charge in [0.1, 0.15) is 6.33 Å². The Bertz CT molecular complexity index is 722. The predicted octanol–water partition coefficient (Wildman–Crippen LogP) is 1.85. The van der Waals surface area contributed by atoms with Crippen LogP contribution in [0.3, 0.4) is 0 Å². The van der Waals surface area contributed by atoms with Crippen molar-refractivity contribution in [1.29, 1.82) is 0 Å². The monoisotopic (exact) mass is 326 g/mol. The van der Waals surface area contributed by atoms with Gasteiger partial charge in [0, 0.05) is 50.1 Å². The minimum absolute atomic E-state index is 0.135. The van der Waals surface area contributed by atoms with Crippen molar-refractivity contribution in [2.45, 2.75) is 25.4 Å². The van der Waals surface area contributed by atoms with Crippen LogP contribution in [0.15, 0.2) is 30.7 Å². The van der Waals surface area contributed by atoms with E-state index in [0.29, 0.717) is 6.42 Å². The molecule has 2 aromatic rings. The van der Waals surface area contributed by atoms with E-state index in [4.69, 9.17) is 4.74 Å². The van der Waals surface area contributed by atoms with Crippen molar-refractivity contribution >= 4 is 22.5 Å². The zero-order valence-electron chi connectivity index (χ0n) is 13.7. The fourth-order valence-electron chi connectivity index (χ4n) is 3.51. The molecule has 4 rings (SSSR count). The molecule has 126 valence electrons. The van der Waals surface area contributed by atoms with E-state index in [1.165, 1.54) is 5.69 Å². The SMILES string of the molecule is O=C(CC1CCCO1)N1CCN(c2ccc3ncncc3c2)CC1. The maximum atomic E-state index is 12.4. The molecule has 24 heavy (non-hydrogen) atoms. The van der Waals surface area contributed by atoms with Gasteiger partial charge in [-0.15, -0.1) is 0 Å². The van der Waals surface area contributed by atoms with Gasteiger partial charge < -0.3 is 14.5 Å². The zero-order chi connectivity index (χ0) is 16.4. The number of fused-ring (bicyclic) bond motifs is 1. The highest BCUT2D eigenvalue weighted by Gasteiger charge is 2.25. The second kappa shape index (κ2) is 6.73. The largest absolute Gasteiger partial charge is 0.378 e. The third-order valence-corrected chi connectivity index (χ3v) is 4.91. The molecule has 2 saturated heterocycles. The van der Waals surface area contributed by atoms with Crippen molar-refractivity contribution in [2.24, 2.45) is 0 Å². The molecular formula is C18H22N4O2. The van der Waals surface area contributed by atoms with Crippen molar-refractivity contribution in [2.75, 3.05) is 37.7 Å². The molecule has 0 saturated carbocycles. The van der Waals surface area contributed by atoms with Gasteiger partial charge in [0.25, 0.3) is 0 Å². The maximum Gasteiger partial charge on any atom is 0.225 e. The topological polar surface area (TPSA) is 58.6 Å². The van der Waals surface area contributed by atoms with E-state index in [1.54, 1.807) is 6.33 Å². The fraction of sp³-hybridized carbons (Fsp3) is 0.500. The number of aromatic nitrogens is 2. The number of amides is 1. The van der Waals surface area contributed by atoms with Gasteiger partial charge in [-0.1, -0.05) is 0 Å². The fourth-order valence-corrected chi connectivity index (χ4v) is 3.51. The molecule has 0 N–H and O–H groups in total. The third kappa shape index (κ3) is 3.19. The Hall–Kier alpha value is -2.21. The van der Waals surface area contributed by atoms with Crippen LogP contribution >= 0.6 is 0 Å². The quantitative estimate of drug-likeness (QED) is 0.861. The molecular weight excluding hydrogens is 304 g/mol. The summed E-state index contributed by atoms with van der Waals surface area (Å²) < 4.78 is 5.58.